The normalized spacial score (nSPS) is 25.5. The van der Waals surface area contributed by atoms with Crippen molar-refractivity contribution in [3.05, 3.63) is 64.1 Å². The highest BCUT2D eigenvalue weighted by atomic mass is 19.1. The van der Waals surface area contributed by atoms with Crippen molar-refractivity contribution in [2.24, 2.45) is 0 Å². The number of carbonyl (C=O) groups excluding carboxylic acids is 1. The lowest BCUT2D eigenvalue weighted by Crippen LogP contribution is -2.58. The van der Waals surface area contributed by atoms with Crippen molar-refractivity contribution >= 4 is 27.8 Å². The topological polar surface area (TPSA) is 121 Å². The number of ether oxygens (including phenoxy) is 2. The van der Waals surface area contributed by atoms with Crippen LogP contribution >= 0.6 is 0 Å². The average molecular weight is 683 g/mol. The molecule has 10 nitrogen and oxygen atoms in total. The van der Waals surface area contributed by atoms with E-state index in [-0.39, 0.29) is 54.2 Å². The van der Waals surface area contributed by atoms with Gasteiger partial charge in [-0.25, -0.2) is 22.4 Å². The van der Waals surface area contributed by atoms with Gasteiger partial charge in [0.05, 0.1) is 23.1 Å². The number of amides is 1. The highest BCUT2D eigenvalue weighted by Crippen LogP contribution is 2.40. The Morgan fingerprint density at radius 1 is 1.14 bits per heavy atom. The number of aromatic amines is 1. The third-order valence-electron chi connectivity index (χ3n) is 10.0. The fourth-order valence-corrected chi connectivity index (χ4v) is 7.75. The van der Waals surface area contributed by atoms with E-state index in [1.54, 1.807) is 25.1 Å². The van der Waals surface area contributed by atoms with Crippen LogP contribution in [0.5, 0.6) is 6.01 Å². The van der Waals surface area contributed by atoms with Crippen LogP contribution in [-0.4, -0.2) is 88.8 Å². The third-order valence-corrected chi connectivity index (χ3v) is 10.0. The maximum absolute atomic E-state index is 16.3. The van der Waals surface area contributed by atoms with E-state index in [1.165, 1.54) is 18.3 Å². The van der Waals surface area contributed by atoms with Crippen LogP contribution in [0.15, 0.2) is 41.3 Å². The Bertz CT molecular complexity index is 1960. The quantitative estimate of drug-likeness (QED) is 0.164. The van der Waals surface area contributed by atoms with E-state index >= 15 is 8.78 Å². The summed E-state index contributed by atoms with van der Waals surface area (Å²) in [6, 6.07) is 7.55. The summed E-state index contributed by atoms with van der Waals surface area (Å²) in [4.78, 5) is 38.6. The number of aromatic nitrogens is 3. The Kier molecular flexibility index (Phi) is 8.94. The number of rotatable bonds is 9. The minimum atomic E-state index is -1.07. The number of hydrogen-bond donors (Lipinski definition) is 3. The summed E-state index contributed by atoms with van der Waals surface area (Å²) in [6.45, 7) is 3.66. The molecule has 1 amide bonds. The number of fused-ring (bicyclic) bond motifs is 3. The summed E-state index contributed by atoms with van der Waals surface area (Å²) in [5.74, 6) is -1.38. The third kappa shape index (κ3) is 6.55. The first kappa shape index (κ1) is 33.2. The Labute approximate surface area is 279 Å². The molecule has 0 spiro atoms. The summed E-state index contributed by atoms with van der Waals surface area (Å²) in [6.07, 6.45) is 1.44. The first-order chi connectivity index (χ1) is 23.5. The molecule has 0 unspecified atom stereocenters. The van der Waals surface area contributed by atoms with Crippen molar-refractivity contribution in [1.82, 2.24) is 30.5 Å². The van der Waals surface area contributed by atoms with Crippen LogP contribution in [0.25, 0.3) is 32.9 Å². The molecule has 2 aromatic heterocycles. The van der Waals surface area contributed by atoms with Crippen molar-refractivity contribution in [2.75, 3.05) is 39.4 Å². The molecule has 4 aromatic rings. The number of H-pyrrole nitrogens is 1. The van der Waals surface area contributed by atoms with Crippen LogP contribution in [0.2, 0.25) is 0 Å². The average Bonchev–Trinajstić information content (AvgIpc) is 3.58. The predicted octanol–water partition coefficient (Wildman–Crippen LogP) is 5.12. The van der Waals surface area contributed by atoms with Crippen LogP contribution in [0, 0.1) is 11.6 Å². The minimum Gasteiger partial charge on any atom is -0.463 e. The molecular weight excluding hydrogens is 644 g/mol. The molecule has 0 saturated carbocycles. The fraction of sp³-hybridized carbons (Fsp3) is 0.486. The van der Waals surface area contributed by atoms with Gasteiger partial charge in [0.1, 0.15) is 36.0 Å². The second kappa shape index (κ2) is 13.2. The number of nitrogens with one attached hydrogen (secondary N) is 3. The van der Waals surface area contributed by atoms with Crippen LogP contribution in [0.3, 0.4) is 0 Å². The Morgan fingerprint density at radius 2 is 2.00 bits per heavy atom. The van der Waals surface area contributed by atoms with Crippen LogP contribution < -0.4 is 20.9 Å². The number of hydrogen-bond acceptors (Lipinski definition) is 8. The van der Waals surface area contributed by atoms with Crippen LogP contribution in [0.4, 0.5) is 22.4 Å². The summed E-state index contributed by atoms with van der Waals surface area (Å²) in [5, 5.41) is 6.28. The van der Waals surface area contributed by atoms with Gasteiger partial charge in [0.2, 0.25) is 0 Å². The Balaban J connectivity index is 1.12. The molecule has 7 rings (SSSR count). The molecule has 14 heteroatoms. The van der Waals surface area contributed by atoms with Crippen molar-refractivity contribution in [2.45, 2.75) is 68.9 Å². The van der Waals surface area contributed by atoms with E-state index < -0.39 is 46.7 Å². The molecule has 0 bridgehead atoms. The number of piperidine rings is 1. The lowest BCUT2D eigenvalue weighted by atomic mass is 9.91. The highest BCUT2D eigenvalue weighted by Gasteiger charge is 2.49. The van der Waals surface area contributed by atoms with Crippen LogP contribution in [0.1, 0.15) is 44.6 Å². The zero-order valence-electron chi connectivity index (χ0n) is 27.1. The van der Waals surface area contributed by atoms with E-state index in [2.05, 4.69) is 30.5 Å². The van der Waals surface area contributed by atoms with Gasteiger partial charge < -0.3 is 20.1 Å². The molecule has 0 aliphatic carbocycles. The van der Waals surface area contributed by atoms with Crippen LogP contribution in [-0.2, 0) is 11.2 Å². The number of halogens is 4. The standard InChI is InChI=1S/C35H38F4N6O4/c1-34(13-21(36)15-40-18-34)44-33(47)48-12-3-6-20-5-2-7-23-26(38)9-8-24(27(20)23)29-28(39)30-25(16-41-29)31(46)43-32(42-30)49-19-35-10-4-11-45(35)17-22(37)14-35/h2,5,7-9,16,21-22,40H,3-4,6,10-15,17-19H2,1H3,(H,44,47)(H,42,43,46)/t21-,22-,34-,35+/m1/s1. The SMILES string of the molecule is C[C@]1(NC(=O)OCCCc2cccc3c(F)ccc(-c4ncc5c(=O)[nH]c(OC[C@@]67CCCN6C[C@H](F)C7)nc5c4F)c23)CNC[C@H](F)C1. The lowest BCUT2D eigenvalue weighted by Gasteiger charge is -2.36. The van der Waals surface area contributed by atoms with Crippen molar-refractivity contribution in [3.8, 4) is 17.3 Å². The molecule has 3 aliphatic heterocycles. The molecule has 3 fully saturated rings. The number of pyridine rings is 1. The van der Waals surface area contributed by atoms with Crippen molar-refractivity contribution < 1.29 is 31.8 Å². The molecule has 49 heavy (non-hydrogen) atoms. The largest absolute Gasteiger partial charge is 0.463 e. The van der Waals surface area contributed by atoms with Crippen molar-refractivity contribution in [3.63, 3.8) is 0 Å². The summed E-state index contributed by atoms with van der Waals surface area (Å²) >= 11 is 0. The zero-order valence-corrected chi connectivity index (χ0v) is 27.1. The second-order valence-electron chi connectivity index (χ2n) is 13.7. The van der Waals surface area contributed by atoms with Gasteiger partial charge in [-0.15, -0.1) is 0 Å². The molecule has 260 valence electrons. The second-order valence-corrected chi connectivity index (χ2v) is 13.7. The van der Waals surface area contributed by atoms with E-state index in [1.807, 2.05) is 0 Å². The maximum Gasteiger partial charge on any atom is 0.407 e. The highest BCUT2D eigenvalue weighted by molar-refractivity contribution is 6.00. The lowest BCUT2D eigenvalue weighted by molar-refractivity contribution is 0.107. The molecular formula is C35H38F4N6O4. The fourth-order valence-electron chi connectivity index (χ4n) is 7.75. The van der Waals surface area contributed by atoms with Gasteiger partial charge in [-0.05, 0) is 62.2 Å². The first-order valence-corrected chi connectivity index (χ1v) is 16.6. The Hall–Kier alpha value is -4.30. The molecule has 3 saturated heterocycles. The monoisotopic (exact) mass is 682 g/mol. The summed E-state index contributed by atoms with van der Waals surface area (Å²) < 4.78 is 70.8. The minimum absolute atomic E-state index is 0.0402. The van der Waals surface area contributed by atoms with E-state index in [4.69, 9.17) is 9.47 Å². The molecule has 0 radical (unpaired) electrons. The van der Waals surface area contributed by atoms with Gasteiger partial charge in [-0.2, -0.15) is 4.98 Å². The van der Waals surface area contributed by atoms with Crippen molar-refractivity contribution in [1.29, 1.82) is 0 Å². The van der Waals surface area contributed by atoms with Gasteiger partial charge in [-0.1, -0.05) is 18.2 Å². The van der Waals surface area contributed by atoms with E-state index in [0.717, 1.165) is 19.4 Å². The first-order valence-electron chi connectivity index (χ1n) is 16.6. The number of benzene rings is 2. The van der Waals surface area contributed by atoms with Gasteiger partial charge >= 0.3 is 6.09 Å². The van der Waals surface area contributed by atoms with Gasteiger partial charge in [0, 0.05) is 49.6 Å². The van der Waals surface area contributed by atoms with Gasteiger partial charge in [0.25, 0.3) is 11.6 Å². The molecule has 3 aliphatic rings. The Morgan fingerprint density at radius 3 is 2.84 bits per heavy atom. The van der Waals surface area contributed by atoms with Gasteiger partial charge in [0.15, 0.2) is 5.82 Å². The number of aryl methyl sites for hydroxylation is 1. The number of alkyl halides is 2. The maximum atomic E-state index is 16.3. The number of alkyl carbamates (subject to hydrolysis) is 1. The molecule has 2 aromatic carbocycles. The predicted molar refractivity (Wildman–Crippen MR) is 175 cm³/mol. The zero-order chi connectivity index (χ0) is 34.3. The summed E-state index contributed by atoms with van der Waals surface area (Å²) in [7, 11) is 0. The molecule has 4 atom stereocenters. The molecule has 5 heterocycles. The summed E-state index contributed by atoms with van der Waals surface area (Å²) in [5.41, 5.74) is -1.30. The molecule has 3 N–H and O–H groups in total. The number of carbonyl (C=O) groups is 1. The van der Waals surface area contributed by atoms with E-state index in [0.29, 0.717) is 48.9 Å². The smallest absolute Gasteiger partial charge is 0.407 e. The van der Waals surface area contributed by atoms with E-state index in [9.17, 15) is 18.4 Å². The van der Waals surface area contributed by atoms with Gasteiger partial charge in [-0.3, -0.25) is 19.7 Å². The number of nitrogens with zero attached hydrogens (tertiary/aromatic N) is 3.